The number of benzene rings is 1. The number of carbonyl (C=O) groups is 1. The van der Waals surface area contributed by atoms with Crippen molar-refractivity contribution in [3.8, 4) is 0 Å². The molecule has 0 aliphatic carbocycles. The highest BCUT2D eigenvalue weighted by Crippen LogP contribution is 2.27. The monoisotopic (exact) mass is 418 g/mol. The number of nitrogens with zero attached hydrogens (tertiary/aromatic N) is 2. The van der Waals surface area contributed by atoms with Gasteiger partial charge in [-0.15, -0.1) is 10.2 Å². The lowest BCUT2D eigenvalue weighted by atomic mass is 10.1. The standard InChI is InChI=1S/C16H20Cl2N4OS2/c1-9(2)7-19-15-21-22-16(25-15)24-8-14(23)20-10(3)12-5-4-11(17)6-13(12)18/h4-6,9-10H,7-8H2,1-3H3,(H,19,21)(H,20,23). The predicted molar refractivity (Wildman–Crippen MR) is 107 cm³/mol. The van der Waals surface area contributed by atoms with Crippen LogP contribution in [0.3, 0.4) is 0 Å². The molecule has 1 amide bonds. The molecule has 0 saturated heterocycles. The minimum Gasteiger partial charge on any atom is -0.360 e. The fourth-order valence-corrected chi connectivity index (χ4v) is 4.11. The fourth-order valence-electron chi connectivity index (χ4n) is 1.97. The number of hydrogen-bond donors (Lipinski definition) is 2. The van der Waals surface area contributed by atoms with Crippen molar-refractivity contribution < 1.29 is 4.79 Å². The van der Waals surface area contributed by atoms with E-state index in [1.54, 1.807) is 12.1 Å². The summed E-state index contributed by atoms with van der Waals surface area (Å²) in [7, 11) is 0. The van der Waals surface area contributed by atoms with Crippen LogP contribution in [-0.4, -0.2) is 28.4 Å². The molecule has 1 aromatic heterocycles. The molecule has 0 aliphatic rings. The van der Waals surface area contributed by atoms with Crippen LogP contribution in [-0.2, 0) is 4.79 Å². The van der Waals surface area contributed by atoms with Gasteiger partial charge in [-0.3, -0.25) is 4.79 Å². The maximum Gasteiger partial charge on any atom is 0.230 e. The van der Waals surface area contributed by atoms with Crippen LogP contribution in [0.15, 0.2) is 22.5 Å². The smallest absolute Gasteiger partial charge is 0.230 e. The summed E-state index contributed by atoms with van der Waals surface area (Å²) in [6.45, 7) is 6.99. The maximum atomic E-state index is 12.1. The van der Waals surface area contributed by atoms with Gasteiger partial charge < -0.3 is 10.6 Å². The Hall–Kier alpha value is -1.02. The number of nitrogens with one attached hydrogen (secondary N) is 2. The van der Waals surface area contributed by atoms with Crippen molar-refractivity contribution in [2.24, 2.45) is 5.92 Å². The van der Waals surface area contributed by atoms with E-state index in [2.05, 4.69) is 34.7 Å². The number of carbonyl (C=O) groups excluding carboxylic acids is 1. The van der Waals surface area contributed by atoms with E-state index in [1.807, 2.05) is 13.0 Å². The van der Waals surface area contributed by atoms with E-state index >= 15 is 0 Å². The number of anilines is 1. The second-order valence-electron chi connectivity index (χ2n) is 5.89. The van der Waals surface area contributed by atoms with Gasteiger partial charge >= 0.3 is 0 Å². The minimum absolute atomic E-state index is 0.0876. The molecule has 25 heavy (non-hydrogen) atoms. The number of thioether (sulfide) groups is 1. The predicted octanol–water partition coefficient (Wildman–Crippen LogP) is 4.88. The lowest BCUT2D eigenvalue weighted by molar-refractivity contribution is -0.119. The van der Waals surface area contributed by atoms with E-state index in [-0.39, 0.29) is 17.7 Å². The van der Waals surface area contributed by atoms with Crippen molar-refractivity contribution >= 4 is 57.3 Å². The topological polar surface area (TPSA) is 66.9 Å². The van der Waals surface area contributed by atoms with Gasteiger partial charge in [0.15, 0.2) is 4.34 Å². The molecule has 136 valence electrons. The molecule has 0 aliphatic heterocycles. The summed E-state index contributed by atoms with van der Waals surface area (Å²) in [4.78, 5) is 12.1. The molecule has 1 atom stereocenters. The SMILES string of the molecule is CC(C)CNc1nnc(SCC(=O)NC(C)c2ccc(Cl)cc2Cl)s1. The van der Waals surface area contributed by atoms with Crippen molar-refractivity contribution in [2.45, 2.75) is 31.2 Å². The number of aromatic nitrogens is 2. The Kier molecular flexibility index (Phi) is 7.81. The summed E-state index contributed by atoms with van der Waals surface area (Å²) in [5.41, 5.74) is 0.834. The molecule has 0 radical (unpaired) electrons. The molecule has 0 saturated carbocycles. The first kappa shape index (κ1) is 20.3. The van der Waals surface area contributed by atoms with Gasteiger partial charge in [-0.2, -0.15) is 0 Å². The van der Waals surface area contributed by atoms with E-state index in [4.69, 9.17) is 23.2 Å². The van der Waals surface area contributed by atoms with Crippen LogP contribution in [0.4, 0.5) is 5.13 Å². The van der Waals surface area contributed by atoms with Crippen molar-refractivity contribution in [3.63, 3.8) is 0 Å². The van der Waals surface area contributed by atoms with Crippen LogP contribution in [0, 0.1) is 5.92 Å². The van der Waals surface area contributed by atoms with E-state index in [0.717, 1.165) is 21.6 Å². The Morgan fingerprint density at radius 2 is 2.04 bits per heavy atom. The first-order chi connectivity index (χ1) is 11.8. The molecular formula is C16H20Cl2N4OS2. The Morgan fingerprint density at radius 3 is 2.72 bits per heavy atom. The molecule has 9 heteroatoms. The van der Waals surface area contributed by atoms with Gasteiger partial charge in [-0.05, 0) is 30.5 Å². The zero-order valence-corrected chi connectivity index (χ0v) is 17.3. The summed E-state index contributed by atoms with van der Waals surface area (Å²) < 4.78 is 0.763. The van der Waals surface area contributed by atoms with Crippen molar-refractivity contribution in [1.29, 1.82) is 0 Å². The highest BCUT2D eigenvalue weighted by atomic mass is 35.5. The van der Waals surface area contributed by atoms with Gasteiger partial charge in [0.25, 0.3) is 0 Å². The molecule has 1 unspecified atom stereocenters. The normalized spacial score (nSPS) is 12.2. The second kappa shape index (κ2) is 9.62. The summed E-state index contributed by atoms with van der Waals surface area (Å²) >= 11 is 14.9. The molecule has 0 spiro atoms. The summed E-state index contributed by atoms with van der Waals surface area (Å²) in [6.07, 6.45) is 0. The van der Waals surface area contributed by atoms with Gasteiger partial charge in [0.05, 0.1) is 11.8 Å². The highest BCUT2D eigenvalue weighted by molar-refractivity contribution is 8.01. The van der Waals surface area contributed by atoms with Crippen LogP contribution in [0.25, 0.3) is 0 Å². The lowest BCUT2D eigenvalue weighted by Gasteiger charge is -2.15. The first-order valence-corrected chi connectivity index (χ1v) is 10.4. The average Bonchev–Trinajstić information content (AvgIpc) is 2.98. The molecule has 0 fully saturated rings. The van der Waals surface area contributed by atoms with Crippen LogP contribution in [0.5, 0.6) is 0 Å². The Bertz CT molecular complexity index is 724. The quantitative estimate of drug-likeness (QED) is 0.597. The molecule has 1 heterocycles. The molecule has 2 N–H and O–H groups in total. The molecule has 2 aromatic rings. The number of hydrogen-bond acceptors (Lipinski definition) is 6. The summed E-state index contributed by atoms with van der Waals surface area (Å²) in [6, 6.07) is 5.05. The first-order valence-electron chi connectivity index (χ1n) is 7.79. The van der Waals surface area contributed by atoms with Crippen LogP contribution < -0.4 is 10.6 Å². The average molecular weight is 419 g/mol. The van der Waals surface area contributed by atoms with Gasteiger partial charge in [-0.25, -0.2) is 0 Å². The molecular weight excluding hydrogens is 399 g/mol. The maximum absolute atomic E-state index is 12.1. The van der Waals surface area contributed by atoms with Gasteiger partial charge in [-0.1, -0.05) is 66.2 Å². The largest absolute Gasteiger partial charge is 0.360 e. The van der Waals surface area contributed by atoms with E-state index in [1.165, 1.54) is 23.1 Å². The summed E-state index contributed by atoms with van der Waals surface area (Å²) in [5.74, 6) is 0.719. The zero-order valence-electron chi connectivity index (χ0n) is 14.2. The number of amides is 1. The molecule has 5 nitrogen and oxygen atoms in total. The summed E-state index contributed by atoms with van der Waals surface area (Å²) in [5, 5.41) is 16.2. The van der Waals surface area contributed by atoms with E-state index in [9.17, 15) is 4.79 Å². The van der Waals surface area contributed by atoms with Crippen molar-refractivity contribution in [2.75, 3.05) is 17.6 Å². The third-order valence-electron chi connectivity index (χ3n) is 3.20. The molecule has 0 bridgehead atoms. The van der Waals surface area contributed by atoms with Crippen molar-refractivity contribution in [1.82, 2.24) is 15.5 Å². The van der Waals surface area contributed by atoms with Crippen molar-refractivity contribution in [3.05, 3.63) is 33.8 Å². The Labute approximate surface area is 165 Å². The fraction of sp³-hybridized carbons (Fsp3) is 0.438. The lowest BCUT2D eigenvalue weighted by Crippen LogP contribution is -2.28. The van der Waals surface area contributed by atoms with Gasteiger partial charge in [0, 0.05) is 16.6 Å². The second-order valence-corrected chi connectivity index (χ2v) is 8.94. The van der Waals surface area contributed by atoms with Crippen LogP contribution in [0.2, 0.25) is 10.0 Å². The molecule has 2 rings (SSSR count). The van der Waals surface area contributed by atoms with Gasteiger partial charge in [0.1, 0.15) is 0 Å². The third kappa shape index (κ3) is 6.66. The van der Waals surface area contributed by atoms with Crippen LogP contribution >= 0.6 is 46.3 Å². The Balaban J connectivity index is 1.82. The molecule has 1 aromatic carbocycles. The van der Waals surface area contributed by atoms with Gasteiger partial charge in [0.2, 0.25) is 11.0 Å². The Morgan fingerprint density at radius 1 is 1.28 bits per heavy atom. The number of rotatable bonds is 8. The zero-order chi connectivity index (χ0) is 18.4. The van der Waals surface area contributed by atoms with Crippen LogP contribution in [0.1, 0.15) is 32.4 Å². The minimum atomic E-state index is -0.199. The van der Waals surface area contributed by atoms with E-state index in [0.29, 0.717) is 16.0 Å². The van der Waals surface area contributed by atoms with E-state index < -0.39 is 0 Å². The third-order valence-corrected chi connectivity index (χ3v) is 5.78. The highest BCUT2D eigenvalue weighted by Gasteiger charge is 2.14. The number of halogens is 2.